The maximum Gasteiger partial charge on any atom is 0.191 e. The lowest BCUT2D eigenvalue weighted by molar-refractivity contribution is 0.368. The van der Waals surface area contributed by atoms with Crippen LogP contribution in [0.2, 0.25) is 0 Å². The molecule has 9 heteroatoms. The number of aromatic nitrogens is 2. The van der Waals surface area contributed by atoms with E-state index in [1.54, 1.807) is 34.6 Å². The van der Waals surface area contributed by atoms with Gasteiger partial charge in [-0.3, -0.25) is 9.67 Å². The van der Waals surface area contributed by atoms with Crippen LogP contribution < -0.4 is 24.8 Å². The summed E-state index contributed by atoms with van der Waals surface area (Å²) in [7, 11) is 8.55. The molecule has 0 saturated carbocycles. The summed E-state index contributed by atoms with van der Waals surface area (Å²) < 4.78 is 18.1. The van der Waals surface area contributed by atoms with Gasteiger partial charge in [-0.2, -0.15) is 5.10 Å². The number of ether oxygens (including phenoxy) is 3. The van der Waals surface area contributed by atoms with Crippen molar-refractivity contribution in [3.63, 3.8) is 0 Å². The third-order valence-electron chi connectivity index (χ3n) is 4.07. The van der Waals surface area contributed by atoms with Gasteiger partial charge in [-0.05, 0) is 12.5 Å². The van der Waals surface area contributed by atoms with Crippen molar-refractivity contribution in [1.29, 1.82) is 0 Å². The summed E-state index contributed by atoms with van der Waals surface area (Å²) in [5.41, 5.74) is 2.05. The molecule has 0 fully saturated rings. The van der Waals surface area contributed by atoms with Crippen molar-refractivity contribution < 1.29 is 14.2 Å². The Balaban J connectivity index is 0.00000364. The van der Waals surface area contributed by atoms with Crippen LogP contribution in [0.25, 0.3) is 0 Å². The maximum absolute atomic E-state index is 5.48. The number of aliphatic imine (C=N–C) groups is 1. The fraction of sp³-hybridized carbons (Fsp3) is 0.444. The van der Waals surface area contributed by atoms with Crippen LogP contribution in [0.3, 0.4) is 0 Å². The molecule has 2 aromatic rings. The van der Waals surface area contributed by atoms with Crippen LogP contribution in [0.5, 0.6) is 17.2 Å². The highest BCUT2D eigenvalue weighted by atomic mass is 127. The normalized spacial score (nSPS) is 10.8. The van der Waals surface area contributed by atoms with Gasteiger partial charge in [0.15, 0.2) is 5.96 Å². The lowest BCUT2D eigenvalue weighted by Gasteiger charge is -2.16. The average Bonchev–Trinajstić information content (AvgIpc) is 3.08. The van der Waals surface area contributed by atoms with E-state index in [1.165, 1.54) is 0 Å². The Morgan fingerprint density at radius 1 is 1.11 bits per heavy atom. The first-order valence-corrected chi connectivity index (χ1v) is 8.33. The number of halogens is 1. The monoisotopic (exact) mass is 489 g/mol. The highest BCUT2D eigenvalue weighted by Crippen LogP contribution is 2.34. The first-order valence-electron chi connectivity index (χ1n) is 8.33. The SMILES string of the molecule is CN=C(NCCc1c(OC)cc(OC)cc1OC)NCc1ccnn1C.I. The second-order valence-electron chi connectivity index (χ2n) is 5.56. The first-order chi connectivity index (χ1) is 12.6. The second kappa shape index (κ2) is 11.5. The summed E-state index contributed by atoms with van der Waals surface area (Å²) in [6.07, 6.45) is 2.48. The third kappa shape index (κ3) is 6.19. The largest absolute Gasteiger partial charge is 0.496 e. The van der Waals surface area contributed by atoms with E-state index in [9.17, 15) is 0 Å². The standard InChI is InChI=1S/C18H27N5O3.HI/c1-19-18(21-12-13-6-9-22-23(13)2)20-8-7-15-16(25-4)10-14(24-3)11-17(15)26-5;/h6,9-11H,7-8,12H2,1-5H3,(H2,19,20,21);1H. The minimum Gasteiger partial charge on any atom is -0.496 e. The van der Waals surface area contributed by atoms with Crippen LogP contribution in [0.4, 0.5) is 0 Å². The van der Waals surface area contributed by atoms with Gasteiger partial charge in [0.2, 0.25) is 0 Å². The van der Waals surface area contributed by atoms with Gasteiger partial charge < -0.3 is 24.8 Å². The summed E-state index contributed by atoms with van der Waals surface area (Å²) in [6, 6.07) is 5.67. The Morgan fingerprint density at radius 2 is 1.78 bits per heavy atom. The quantitative estimate of drug-likeness (QED) is 0.336. The number of aryl methyl sites for hydroxylation is 1. The number of guanidine groups is 1. The van der Waals surface area contributed by atoms with Gasteiger partial charge in [-0.1, -0.05) is 0 Å². The molecular weight excluding hydrogens is 461 g/mol. The zero-order valence-electron chi connectivity index (χ0n) is 16.4. The maximum atomic E-state index is 5.48. The Labute approximate surface area is 177 Å². The van der Waals surface area contributed by atoms with Crippen molar-refractivity contribution in [1.82, 2.24) is 20.4 Å². The van der Waals surface area contributed by atoms with Crippen LogP contribution in [0.1, 0.15) is 11.3 Å². The van der Waals surface area contributed by atoms with Crippen LogP contribution in [-0.2, 0) is 20.0 Å². The van der Waals surface area contributed by atoms with E-state index < -0.39 is 0 Å². The van der Waals surface area contributed by atoms with Crippen LogP contribution in [0.15, 0.2) is 29.4 Å². The van der Waals surface area contributed by atoms with E-state index in [1.807, 2.05) is 29.9 Å². The van der Waals surface area contributed by atoms with Gasteiger partial charge in [-0.15, -0.1) is 24.0 Å². The Hall–Kier alpha value is -2.17. The molecule has 2 rings (SSSR count). The molecule has 0 aliphatic carbocycles. The molecule has 0 atom stereocenters. The number of hydrogen-bond acceptors (Lipinski definition) is 5. The smallest absolute Gasteiger partial charge is 0.191 e. The fourth-order valence-corrected chi connectivity index (χ4v) is 2.60. The zero-order valence-corrected chi connectivity index (χ0v) is 18.7. The lowest BCUT2D eigenvalue weighted by atomic mass is 10.1. The van der Waals surface area contributed by atoms with E-state index >= 15 is 0 Å². The van der Waals surface area contributed by atoms with E-state index in [4.69, 9.17) is 14.2 Å². The summed E-state index contributed by atoms with van der Waals surface area (Å²) in [6.45, 7) is 1.31. The molecule has 0 aliphatic heterocycles. The molecule has 0 bridgehead atoms. The van der Waals surface area contributed by atoms with E-state index in [0.29, 0.717) is 25.3 Å². The van der Waals surface area contributed by atoms with Crippen molar-refractivity contribution >= 4 is 29.9 Å². The van der Waals surface area contributed by atoms with Crippen LogP contribution in [-0.4, -0.2) is 50.7 Å². The number of nitrogens with zero attached hydrogens (tertiary/aromatic N) is 3. The number of hydrogen-bond donors (Lipinski definition) is 2. The molecule has 0 radical (unpaired) electrons. The fourth-order valence-electron chi connectivity index (χ4n) is 2.60. The van der Waals surface area contributed by atoms with Gasteiger partial charge in [0.05, 0.1) is 33.6 Å². The molecule has 0 aliphatic rings. The summed E-state index contributed by atoms with van der Waals surface area (Å²) in [5.74, 6) is 2.89. The van der Waals surface area contributed by atoms with Gasteiger partial charge in [0.25, 0.3) is 0 Å². The topological polar surface area (TPSA) is 81.9 Å². The number of benzene rings is 1. The van der Waals surface area contributed by atoms with E-state index in [0.717, 1.165) is 28.7 Å². The molecule has 2 N–H and O–H groups in total. The molecule has 0 spiro atoms. The number of methoxy groups -OCH3 is 3. The minimum absolute atomic E-state index is 0. The predicted molar refractivity (Wildman–Crippen MR) is 117 cm³/mol. The third-order valence-corrected chi connectivity index (χ3v) is 4.07. The van der Waals surface area contributed by atoms with Gasteiger partial charge in [0, 0.05) is 44.5 Å². The van der Waals surface area contributed by atoms with E-state index in [-0.39, 0.29) is 24.0 Å². The summed E-state index contributed by atoms with van der Waals surface area (Å²) >= 11 is 0. The molecule has 1 aromatic heterocycles. The molecular formula is C18H28IN5O3. The Kier molecular flexibility index (Phi) is 9.76. The van der Waals surface area contributed by atoms with E-state index in [2.05, 4.69) is 20.7 Å². The molecule has 0 unspecified atom stereocenters. The molecule has 1 heterocycles. The average molecular weight is 489 g/mol. The predicted octanol–water partition coefficient (Wildman–Crippen LogP) is 1.97. The van der Waals surface area contributed by atoms with Crippen molar-refractivity contribution in [2.24, 2.45) is 12.0 Å². The van der Waals surface area contributed by atoms with Crippen molar-refractivity contribution in [3.05, 3.63) is 35.7 Å². The van der Waals surface area contributed by atoms with Crippen molar-refractivity contribution in [2.45, 2.75) is 13.0 Å². The zero-order chi connectivity index (χ0) is 18.9. The van der Waals surface area contributed by atoms with Crippen LogP contribution in [0, 0.1) is 0 Å². The highest BCUT2D eigenvalue weighted by Gasteiger charge is 2.13. The molecule has 27 heavy (non-hydrogen) atoms. The lowest BCUT2D eigenvalue weighted by Crippen LogP contribution is -2.38. The molecule has 150 valence electrons. The summed E-state index contributed by atoms with van der Waals surface area (Å²) in [4.78, 5) is 4.24. The number of nitrogens with one attached hydrogen (secondary N) is 2. The highest BCUT2D eigenvalue weighted by molar-refractivity contribution is 14.0. The molecule has 8 nitrogen and oxygen atoms in total. The Bertz CT molecular complexity index is 723. The van der Waals surface area contributed by atoms with Gasteiger partial charge >= 0.3 is 0 Å². The van der Waals surface area contributed by atoms with Gasteiger partial charge in [-0.25, -0.2) is 0 Å². The minimum atomic E-state index is 0. The van der Waals surface area contributed by atoms with Gasteiger partial charge in [0.1, 0.15) is 17.2 Å². The molecule has 1 aromatic carbocycles. The van der Waals surface area contributed by atoms with Crippen molar-refractivity contribution in [2.75, 3.05) is 34.9 Å². The van der Waals surface area contributed by atoms with Crippen LogP contribution >= 0.6 is 24.0 Å². The summed E-state index contributed by atoms with van der Waals surface area (Å²) in [5, 5.41) is 10.7. The molecule has 0 amide bonds. The first kappa shape index (κ1) is 22.9. The Morgan fingerprint density at radius 3 is 2.26 bits per heavy atom. The number of rotatable bonds is 8. The molecule has 0 saturated heterocycles. The second-order valence-corrected chi connectivity index (χ2v) is 5.56. The van der Waals surface area contributed by atoms with Crippen molar-refractivity contribution in [3.8, 4) is 17.2 Å².